The number of hydrogen-bond donors (Lipinski definition) is 0. The molecule has 142 valence electrons. The first-order valence-corrected chi connectivity index (χ1v) is 8.59. The van der Waals surface area contributed by atoms with Crippen LogP contribution in [0.1, 0.15) is 10.4 Å². The van der Waals surface area contributed by atoms with E-state index in [2.05, 4.69) is 0 Å². The number of ketones is 1. The first-order chi connectivity index (χ1) is 13.3. The highest BCUT2D eigenvalue weighted by Gasteiger charge is 2.31. The molecule has 0 saturated carbocycles. The van der Waals surface area contributed by atoms with Crippen LogP contribution in [0.5, 0.6) is 0 Å². The Labute approximate surface area is 166 Å². The third-order valence-electron chi connectivity index (χ3n) is 4.34. The van der Waals surface area contributed by atoms with Gasteiger partial charge in [0.05, 0.1) is 16.9 Å². The van der Waals surface area contributed by atoms with Crippen LogP contribution < -0.4 is 9.80 Å². The molecule has 0 atom stereocenters. The molecule has 0 unspecified atom stereocenters. The van der Waals surface area contributed by atoms with Crippen LogP contribution in [0.4, 0.5) is 15.8 Å². The fraction of sp³-hybridized carbons (Fsp3) is 0.150. The second-order valence-electron chi connectivity index (χ2n) is 6.04. The van der Waals surface area contributed by atoms with Crippen molar-refractivity contribution in [3.8, 4) is 6.07 Å². The fourth-order valence-corrected chi connectivity index (χ4v) is 3.16. The van der Waals surface area contributed by atoms with E-state index in [1.807, 2.05) is 30.3 Å². The second kappa shape index (κ2) is 7.71. The molecule has 1 aliphatic heterocycles. The van der Waals surface area contributed by atoms with Crippen LogP contribution >= 0.6 is 11.6 Å². The number of fused-ring (bicyclic) bond motifs is 1. The number of halogens is 2. The predicted molar refractivity (Wildman–Crippen MR) is 103 cm³/mol. The zero-order chi connectivity index (χ0) is 20.4. The number of Topliss-reactive ketones (excluding diaryl/α,β-unsaturated/α-hetero) is 1. The number of ether oxygens (including phenoxy) is 1. The lowest BCUT2D eigenvalue weighted by Gasteiger charge is -2.19. The van der Waals surface area contributed by atoms with Gasteiger partial charge in [0.2, 0.25) is 5.78 Å². The van der Waals surface area contributed by atoms with Gasteiger partial charge < -0.3 is 14.5 Å². The molecular weight excluding hydrogens is 385 g/mol. The van der Waals surface area contributed by atoms with Gasteiger partial charge in [-0.05, 0) is 30.3 Å². The third kappa shape index (κ3) is 3.42. The van der Waals surface area contributed by atoms with Crippen molar-refractivity contribution in [3.05, 3.63) is 70.3 Å². The minimum absolute atomic E-state index is 0.159. The quantitative estimate of drug-likeness (QED) is 0.445. The number of rotatable bonds is 4. The van der Waals surface area contributed by atoms with Crippen LogP contribution in [-0.4, -0.2) is 32.5 Å². The molecule has 8 heteroatoms. The first kappa shape index (κ1) is 19.4. The topological polar surface area (TPSA) is 73.6 Å². The molecule has 0 amide bonds. The van der Waals surface area contributed by atoms with Crippen molar-refractivity contribution >= 4 is 34.7 Å². The highest BCUT2D eigenvalue weighted by atomic mass is 35.5. The largest absolute Gasteiger partial charge is 0.454 e. The number of carbonyl (C=O) groups is 2. The standard InChI is InChI=1S/C20H15ClFN3O3/c1-24-16-5-3-4-6-17(16)25(2)19(24)14(10-23)18(26)11-28-20(27)13-9-12(21)7-8-15(13)22/h3-9H,11H2,1-2H3. The van der Waals surface area contributed by atoms with Crippen molar-refractivity contribution < 1.29 is 18.7 Å². The lowest BCUT2D eigenvalue weighted by Crippen LogP contribution is -2.28. The number of hydrogen-bond acceptors (Lipinski definition) is 6. The van der Waals surface area contributed by atoms with E-state index in [-0.39, 0.29) is 16.2 Å². The molecule has 0 fully saturated rings. The average molecular weight is 400 g/mol. The lowest BCUT2D eigenvalue weighted by atomic mass is 10.1. The van der Waals surface area contributed by atoms with Gasteiger partial charge in [0.1, 0.15) is 23.3 Å². The molecule has 0 aliphatic carbocycles. The van der Waals surface area contributed by atoms with E-state index in [0.717, 1.165) is 23.5 Å². The van der Waals surface area contributed by atoms with Gasteiger partial charge in [-0.3, -0.25) is 4.79 Å². The fourth-order valence-electron chi connectivity index (χ4n) is 2.99. The Morgan fingerprint density at radius 2 is 1.75 bits per heavy atom. The minimum atomic E-state index is -1.04. The van der Waals surface area contributed by atoms with Crippen LogP contribution in [0.15, 0.2) is 53.9 Å². The van der Waals surface area contributed by atoms with E-state index in [4.69, 9.17) is 16.3 Å². The monoisotopic (exact) mass is 399 g/mol. The zero-order valence-electron chi connectivity index (χ0n) is 15.1. The molecule has 0 spiro atoms. The predicted octanol–water partition coefficient (Wildman–Crippen LogP) is 3.53. The highest BCUT2D eigenvalue weighted by molar-refractivity contribution is 6.30. The van der Waals surface area contributed by atoms with Gasteiger partial charge in [-0.25, -0.2) is 9.18 Å². The van der Waals surface area contributed by atoms with E-state index in [1.54, 1.807) is 23.9 Å². The van der Waals surface area contributed by atoms with Crippen molar-refractivity contribution in [1.29, 1.82) is 5.26 Å². The Morgan fingerprint density at radius 3 is 2.32 bits per heavy atom. The Kier molecular flexibility index (Phi) is 5.34. The second-order valence-corrected chi connectivity index (χ2v) is 6.48. The molecule has 1 heterocycles. The average Bonchev–Trinajstić information content (AvgIpc) is 2.94. The smallest absolute Gasteiger partial charge is 0.341 e. The molecule has 0 N–H and O–H groups in total. The Morgan fingerprint density at radius 1 is 1.14 bits per heavy atom. The van der Waals surface area contributed by atoms with Crippen molar-refractivity contribution in [3.63, 3.8) is 0 Å². The van der Waals surface area contributed by atoms with Crippen molar-refractivity contribution in [2.45, 2.75) is 0 Å². The molecular formula is C20H15ClFN3O3. The highest BCUT2D eigenvalue weighted by Crippen LogP contribution is 2.40. The molecule has 0 aromatic heterocycles. The van der Waals surface area contributed by atoms with E-state index >= 15 is 0 Å². The Balaban J connectivity index is 1.82. The number of anilines is 2. The third-order valence-corrected chi connectivity index (χ3v) is 4.57. The van der Waals surface area contributed by atoms with Crippen molar-refractivity contribution in [1.82, 2.24) is 0 Å². The van der Waals surface area contributed by atoms with Gasteiger partial charge in [-0.1, -0.05) is 23.7 Å². The summed E-state index contributed by atoms with van der Waals surface area (Å²) in [5.74, 6) is -2.17. The molecule has 28 heavy (non-hydrogen) atoms. The summed E-state index contributed by atoms with van der Waals surface area (Å²) >= 11 is 5.76. The SMILES string of the molecule is CN1C(=C(C#N)C(=O)COC(=O)c2cc(Cl)ccc2F)N(C)c2ccccc21. The van der Waals surface area contributed by atoms with Crippen LogP contribution in [0.3, 0.4) is 0 Å². The molecule has 0 bridgehead atoms. The maximum Gasteiger partial charge on any atom is 0.341 e. The number of benzene rings is 2. The van der Waals surface area contributed by atoms with E-state index in [9.17, 15) is 19.2 Å². The van der Waals surface area contributed by atoms with Gasteiger partial charge in [0, 0.05) is 19.1 Å². The first-order valence-electron chi connectivity index (χ1n) is 8.21. The number of esters is 1. The molecule has 0 radical (unpaired) electrons. The van der Waals surface area contributed by atoms with Gasteiger partial charge in [0.15, 0.2) is 6.61 Å². The summed E-state index contributed by atoms with van der Waals surface area (Å²) in [5, 5.41) is 9.69. The van der Waals surface area contributed by atoms with Crippen LogP contribution in [0, 0.1) is 17.1 Å². The number of carbonyl (C=O) groups excluding carboxylic acids is 2. The van der Waals surface area contributed by atoms with Crippen molar-refractivity contribution in [2.75, 3.05) is 30.5 Å². The zero-order valence-corrected chi connectivity index (χ0v) is 15.8. The van der Waals surface area contributed by atoms with Crippen LogP contribution in [0.25, 0.3) is 0 Å². The number of nitriles is 1. The summed E-state index contributed by atoms with van der Waals surface area (Å²) in [4.78, 5) is 28.1. The van der Waals surface area contributed by atoms with Gasteiger partial charge in [-0.2, -0.15) is 5.26 Å². The Bertz CT molecular complexity index is 1010. The van der Waals surface area contributed by atoms with Gasteiger partial charge in [0.25, 0.3) is 0 Å². The number of para-hydroxylation sites is 2. The normalized spacial score (nSPS) is 12.5. The Hall–Kier alpha value is -3.37. The summed E-state index contributed by atoms with van der Waals surface area (Å²) in [6.45, 7) is -0.699. The molecule has 3 rings (SSSR count). The molecule has 2 aromatic carbocycles. The van der Waals surface area contributed by atoms with Crippen LogP contribution in [0.2, 0.25) is 5.02 Å². The van der Waals surface area contributed by atoms with Gasteiger partial charge in [-0.15, -0.1) is 0 Å². The van der Waals surface area contributed by atoms with E-state index in [1.165, 1.54) is 6.07 Å². The molecule has 0 saturated heterocycles. The maximum atomic E-state index is 13.7. The summed E-state index contributed by atoms with van der Waals surface area (Å²) in [5.41, 5.74) is 1.12. The summed E-state index contributed by atoms with van der Waals surface area (Å²) in [7, 11) is 3.46. The van der Waals surface area contributed by atoms with E-state index < -0.39 is 24.2 Å². The van der Waals surface area contributed by atoms with Gasteiger partial charge >= 0.3 is 5.97 Å². The summed E-state index contributed by atoms with van der Waals surface area (Å²) in [6.07, 6.45) is 0. The molecule has 6 nitrogen and oxygen atoms in total. The van der Waals surface area contributed by atoms with Crippen LogP contribution in [-0.2, 0) is 9.53 Å². The summed E-state index contributed by atoms with van der Waals surface area (Å²) < 4.78 is 18.7. The lowest BCUT2D eigenvalue weighted by molar-refractivity contribution is -0.118. The number of nitrogens with zero attached hydrogens (tertiary/aromatic N) is 3. The summed E-state index contributed by atoms with van der Waals surface area (Å²) in [6, 6.07) is 12.7. The van der Waals surface area contributed by atoms with E-state index in [0.29, 0.717) is 5.82 Å². The van der Waals surface area contributed by atoms with Crippen molar-refractivity contribution in [2.24, 2.45) is 0 Å². The molecule has 1 aliphatic rings. The minimum Gasteiger partial charge on any atom is -0.454 e. The maximum absolute atomic E-state index is 13.7. The molecule has 2 aromatic rings.